The van der Waals surface area contributed by atoms with Crippen molar-refractivity contribution in [2.75, 3.05) is 13.7 Å². The molecule has 3 aromatic rings. The number of methoxy groups -OCH3 is 1. The van der Waals surface area contributed by atoms with E-state index in [9.17, 15) is 4.79 Å². The maximum Gasteiger partial charge on any atom is 0.220 e. The molecule has 0 bridgehead atoms. The number of rotatable bonds is 8. The second kappa shape index (κ2) is 8.52. The van der Waals surface area contributed by atoms with Gasteiger partial charge >= 0.3 is 0 Å². The summed E-state index contributed by atoms with van der Waals surface area (Å²) in [5, 5.41) is 3.21. The van der Waals surface area contributed by atoms with E-state index in [-0.39, 0.29) is 17.2 Å². The average molecular weight is 386 g/mol. The summed E-state index contributed by atoms with van der Waals surface area (Å²) in [6.45, 7) is 0.689. The van der Waals surface area contributed by atoms with E-state index in [1.54, 1.807) is 7.11 Å². The summed E-state index contributed by atoms with van der Waals surface area (Å²) in [6, 6.07) is 28.8. The van der Waals surface area contributed by atoms with Crippen LogP contribution in [-0.2, 0) is 10.2 Å². The van der Waals surface area contributed by atoms with Crippen molar-refractivity contribution in [3.05, 3.63) is 102 Å². The van der Waals surface area contributed by atoms with E-state index >= 15 is 0 Å². The molecule has 3 nitrogen and oxygen atoms in total. The topological polar surface area (TPSA) is 38.3 Å². The van der Waals surface area contributed by atoms with Crippen LogP contribution in [0.3, 0.4) is 0 Å². The Balaban J connectivity index is 1.43. The molecule has 3 aromatic carbocycles. The van der Waals surface area contributed by atoms with Gasteiger partial charge in [0.25, 0.3) is 0 Å². The van der Waals surface area contributed by atoms with E-state index < -0.39 is 0 Å². The summed E-state index contributed by atoms with van der Waals surface area (Å²) < 4.78 is 5.26. The van der Waals surface area contributed by atoms with Crippen LogP contribution in [0.25, 0.3) is 0 Å². The molecule has 0 aliphatic heterocycles. The highest BCUT2D eigenvalue weighted by Gasteiger charge is 2.44. The highest BCUT2D eigenvalue weighted by molar-refractivity contribution is 5.77. The number of carbonyl (C=O) groups excluding carboxylic acids is 1. The first kappa shape index (κ1) is 19.3. The Kier molecular flexibility index (Phi) is 5.66. The van der Waals surface area contributed by atoms with E-state index in [1.165, 1.54) is 16.7 Å². The van der Waals surface area contributed by atoms with Crippen molar-refractivity contribution in [3.8, 4) is 5.75 Å². The Hall–Kier alpha value is -3.07. The van der Waals surface area contributed by atoms with Gasteiger partial charge < -0.3 is 10.1 Å². The Morgan fingerprint density at radius 1 is 0.897 bits per heavy atom. The van der Waals surface area contributed by atoms with Gasteiger partial charge in [-0.2, -0.15) is 0 Å². The minimum Gasteiger partial charge on any atom is -0.497 e. The van der Waals surface area contributed by atoms with E-state index in [1.807, 2.05) is 48.5 Å². The van der Waals surface area contributed by atoms with Crippen LogP contribution in [-0.4, -0.2) is 19.6 Å². The molecule has 1 saturated carbocycles. The van der Waals surface area contributed by atoms with E-state index in [0.717, 1.165) is 18.6 Å². The fourth-order valence-electron chi connectivity index (χ4n) is 3.99. The van der Waals surface area contributed by atoms with Crippen LogP contribution < -0.4 is 10.1 Å². The normalized spacial score (nSPS) is 14.4. The standard InChI is InChI=1S/C26H27NO2/c1-29-23-14-12-22(13-15-23)26(16-17-26)19-27-25(28)18-24(20-8-4-2-5-9-20)21-10-6-3-7-11-21/h2-15,24H,16-19H2,1H3,(H,27,28). The molecule has 0 heterocycles. The summed E-state index contributed by atoms with van der Waals surface area (Å²) in [4.78, 5) is 12.9. The molecule has 1 amide bonds. The first-order valence-electron chi connectivity index (χ1n) is 10.2. The maximum absolute atomic E-state index is 12.9. The Morgan fingerprint density at radius 2 is 1.45 bits per heavy atom. The largest absolute Gasteiger partial charge is 0.497 e. The van der Waals surface area contributed by atoms with Gasteiger partial charge in [0.05, 0.1) is 7.11 Å². The number of amides is 1. The molecular weight excluding hydrogens is 358 g/mol. The summed E-state index contributed by atoms with van der Waals surface area (Å²) in [5.74, 6) is 1.03. The van der Waals surface area contributed by atoms with Gasteiger partial charge in [0, 0.05) is 24.3 Å². The van der Waals surface area contributed by atoms with Gasteiger partial charge in [0.2, 0.25) is 5.91 Å². The van der Waals surface area contributed by atoms with Gasteiger partial charge in [-0.3, -0.25) is 4.79 Å². The monoisotopic (exact) mass is 385 g/mol. The summed E-state index contributed by atoms with van der Waals surface area (Å²) in [5.41, 5.74) is 3.70. The fourth-order valence-corrected chi connectivity index (χ4v) is 3.99. The van der Waals surface area contributed by atoms with Crippen molar-refractivity contribution in [1.82, 2.24) is 5.32 Å². The third kappa shape index (κ3) is 4.51. The van der Waals surface area contributed by atoms with Crippen molar-refractivity contribution in [3.63, 3.8) is 0 Å². The van der Waals surface area contributed by atoms with Gasteiger partial charge in [-0.05, 0) is 41.7 Å². The molecule has 3 heteroatoms. The molecule has 1 fully saturated rings. The first-order valence-corrected chi connectivity index (χ1v) is 10.2. The SMILES string of the molecule is COc1ccc(C2(CNC(=O)CC(c3ccccc3)c3ccccc3)CC2)cc1. The molecule has 1 N–H and O–H groups in total. The van der Waals surface area contributed by atoms with Gasteiger partial charge in [0.15, 0.2) is 0 Å². The highest BCUT2D eigenvalue weighted by Crippen LogP contribution is 2.48. The van der Waals surface area contributed by atoms with Crippen LogP contribution in [0.2, 0.25) is 0 Å². The molecule has 0 spiro atoms. The maximum atomic E-state index is 12.9. The average Bonchev–Trinajstić information content (AvgIpc) is 3.58. The number of ether oxygens (including phenoxy) is 1. The Labute approximate surface area is 172 Å². The number of hydrogen-bond acceptors (Lipinski definition) is 2. The van der Waals surface area contributed by atoms with Gasteiger partial charge in [0.1, 0.15) is 5.75 Å². The van der Waals surface area contributed by atoms with Crippen molar-refractivity contribution in [2.45, 2.75) is 30.6 Å². The highest BCUT2D eigenvalue weighted by atomic mass is 16.5. The Morgan fingerprint density at radius 3 is 1.93 bits per heavy atom. The van der Waals surface area contributed by atoms with Gasteiger partial charge in [-0.15, -0.1) is 0 Å². The van der Waals surface area contributed by atoms with Crippen LogP contribution in [0.15, 0.2) is 84.9 Å². The molecule has 148 valence electrons. The van der Waals surface area contributed by atoms with Gasteiger partial charge in [-0.1, -0.05) is 72.8 Å². The van der Waals surface area contributed by atoms with Crippen LogP contribution in [0, 0.1) is 0 Å². The van der Waals surface area contributed by atoms with E-state index in [4.69, 9.17) is 4.74 Å². The first-order chi connectivity index (χ1) is 14.2. The molecule has 0 radical (unpaired) electrons. The summed E-state index contributed by atoms with van der Waals surface area (Å²) in [7, 11) is 1.68. The van der Waals surface area contributed by atoms with Gasteiger partial charge in [-0.25, -0.2) is 0 Å². The molecule has 1 aliphatic carbocycles. The zero-order valence-electron chi connectivity index (χ0n) is 16.8. The minimum atomic E-state index is 0.0635. The molecule has 0 aromatic heterocycles. The van der Waals surface area contributed by atoms with Crippen LogP contribution >= 0.6 is 0 Å². The molecule has 0 saturated heterocycles. The second-order valence-corrected chi connectivity index (χ2v) is 7.86. The van der Waals surface area contributed by atoms with Crippen molar-refractivity contribution in [1.29, 1.82) is 0 Å². The van der Waals surface area contributed by atoms with E-state index in [0.29, 0.717) is 13.0 Å². The number of benzene rings is 3. The van der Waals surface area contributed by atoms with Crippen molar-refractivity contribution in [2.24, 2.45) is 0 Å². The minimum absolute atomic E-state index is 0.0635. The zero-order valence-corrected chi connectivity index (χ0v) is 16.8. The van der Waals surface area contributed by atoms with Crippen molar-refractivity contribution < 1.29 is 9.53 Å². The molecule has 4 rings (SSSR count). The lowest BCUT2D eigenvalue weighted by Crippen LogP contribution is -2.33. The molecule has 29 heavy (non-hydrogen) atoms. The second-order valence-electron chi connectivity index (χ2n) is 7.86. The predicted molar refractivity (Wildman–Crippen MR) is 116 cm³/mol. The smallest absolute Gasteiger partial charge is 0.220 e. The van der Waals surface area contributed by atoms with Crippen LogP contribution in [0.5, 0.6) is 5.75 Å². The number of carbonyl (C=O) groups is 1. The summed E-state index contributed by atoms with van der Waals surface area (Å²) in [6.07, 6.45) is 2.67. The zero-order chi connectivity index (χ0) is 20.1. The lowest BCUT2D eigenvalue weighted by atomic mass is 9.88. The predicted octanol–water partition coefficient (Wildman–Crippen LogP) is 5.07. The Bertz CT molecular complexity index is 892. The fraction of sp³-hybridized carbons (Fsp3) is 0.269. The van der Waals surface area contributed by atoms with Crippen LogP contribution in [0.1, 0.15) is 41.9 Å². The number of hydrogen-bond donors (Lipinski definition) is 1. The molecule has 0 atom stereocenters. The third-order valence-corrected chi connectivity index (χ3v) is 5.97. The lowest BCUT2D eigenvalue weighted by molar-refractivity contribution is -0.121. The molecule has 0 unspecified atom stereocenters. The molecular formula is C26H27NO2. The quantitative estimate of drug-likeness (QED) is 0.588. The number of nitrogens with one attached hydrogen (secondary N) is 1. The molecule has 1 aliphatic rings. The van der Waals surface area contributed by atoms with E-state index in [2.05, 4.69) is 41.7 Å². The third-order valence-electron chi connectivity index (χ3n) is 5.97. The van der Waals surface area contributed by atoms with Crippen molar-refractivity contribution >= 4 is 5.91 Å². The van der Waals surface area contributed by atoms with Crippen LogP contribution in [0.4, 0.5) is 0 Å². The summed E-state index contributed by atoms with van der Waals surface area (Å²) >= 11 is 0. The lowest BCUT2D eigenvalue weighted by Gasteiger charge is -2.20.